The van der Waals surface area contributed by atoms with Gasteiger partial charge in [0, 0.05) is 17.8 Å². The number of H-pyrrole nitrogens is 1. The van der Waals surface area contributed by atoms with E-state index in [4.69, 9.17) is 4.74 Å². The van der Waals surface area contributed by atoms with Crippen molar-refractivity contribution in [1.29, 1.82) is 0 Å². The summed E-state index contributed by atoms with van der Waals surface area (Å²) in [6, 6.07) is 9.30. The zero-order valence-electron chi connectivity index (χ0n) is 10.5. The molecule has 1 N–H and O–H groups in total. The highest BCUT2D eigenvalue weighted by molar-refractivity contribution is 5.97. The average Bonchev–Trinajstić information content (AvgIpc) is 2.98. The Morgan fingerprint density at radius 2 is 2.00 bits per heavy atom. The van der Waals surface area contributed by atoms with Gasteiger partial charge in [0.05, 0.1) is 5.69 Å². The van der Waals surface area contributed by atoms with Crippen LogP contribution in [0.15, 0.2) is 48.7 Å². The zero-order valence-corrected chi connectivity index (χ0v) is 10.5. The summed E-state index contributed by atoms with van der Waals surface area (Å²) in [5, 5.41) is 0. The summed E-state index contributed by atoms with van der Waals surface area (Å²) in [7, 11) is 0. The second kappa shape index (κ2) is 6.47. The molecule has 5 heteroatoms. The van der Waals surface area contributed by atoms with Crippen molar-refractivity contribution in [3.63, 3.8) is 0 Å². The predicted molar refractivity (Wildman–Crippen MR) is 71.5 cm³/mol. The predicted octanol–water partition coefficient (Wildman–Crippen LogP) is 2.59. The van der Waals surface area contributed by atoms with Crippen LogP contribution in [0.25, 0.3) is 6.08 Å². The number of aromatic nitrogens is 1. The van der Waals surface area contributed by atoms with Crippen LogP contribution in [0, 0.1) is 5.82 Å². The lowest BCUT2D eigenvalue weighted by molar-refractivity contribution is -0.136. The van der Waals surface area contributed by atoms with Gasteiger partial charge in [-0.2, -0.15) is 0 Å². The fourth-order valence-corrected chi connectivity index (χ4v) is 1.53. The summed E-state index contributed by atoms with van der Waals surface area (Å²) in [5.41, 5.74) is 0.649. The Morgan fingerprint density at radius 3 is 2.70 bits per heavy atom. The molecule has 0 saturated carbocycles. The van der Waals surface area contributed by atoms with E-state index in [-0.39, 0.29) is 18.0 Å². The Kier molecular flexibility index (Phi) is 4.44. The molecule has 1 heterocycles. The molecule has 0 aliphatic heterocycles. The Labute approximate surface area is 114 Å². The van der Waals surface area contributed by atoms with Gasteiger partial charge in [-0.25, -0.2) is 9.18 Å². The lowest BCUT2D eigenvalue weighted by Crippen LogP contribution is -2.12. The van der Waals surface area contributed by atoms with Gasteiger partial charge in [-0.15, -0.1) is 0 Å². The van der Waals surface area contributed by atoms with E-state index in [1.165, 1.54) is 18.2 Å². The second-order valence-corrected chi connectivity index (χ2v) is 3.97. The maximum Gasteiger partial charge on any atom is 0.331 e. The molecule has 0 aliphatic rings. The first-order chi connectivity index (χ1) is 9.66. The average molecular weight is 273 g/mol. The third-order valence-corrected chi connectivity index (χ3v) is 2.55. The van der Waals surface area contributed by atoms with Crippen LogP contribution < -0.4 is 0 Å². The van der Waals surface area contributed by atoms with Crippen LogP contribution >= 0.6 is 0 Å². The lowest BCUT2D eigenvalue weighted by Gasteiger charge is -2.00. The maximum absolute atomic E-state index is 13.3. The van der Waals surface area contributed by atoms with Gasteiger partial charge in [-0.1, -0.05) is 18.2 Å². The van der Waals surface area contributed by atoms with E-state index in [1.54, 1.807) is 30.5 Å². The lowest BCUT2D eigenvalue weighted by atomic mass is 10.2. The van der Waals surface area contributed by atoms with Crippen molar-refractivity contribution in [3.8, 4) is 0 Å². The summed E-state index contributed by atoms with van der Waals surface area (Å²) in [6.07, 6.45) is 3.99. The number of nitrogens with one attached hydrogen (secondary N) is 1. The third kappa shape index (κ3) is 3.65. The van der Waals surface area contributed by atoms with Crippen LogP contribution in [-0.4, -0.2) is 23.3 Å². The van der Waals surface area contributed by atoms with E-state index >= 15 is 0 Å². The summed E-state index contributed by atoms with van der Waals surface area (Å²) >= 11 is 0. The molecular formula is C15H12FNO3. The fraction of sp³-hybridized carbons (Fsp3) is 0.0667. The maximum atomic E-state index is 13.3. The number of ketones is 1. The van der Waals surface area contributed by atoms with Gasteiger partial charge < -0.3 is 9.72 Å². The first-order valence-electron chi connectivity index (χ1n) is 5.93. The highest BCUT2D eigenvalue weighted by Gasteiger charge is 2.08. The number of carbonyl (C=O) groups excluding carboxylic acids is 2. The van der Waals surface area contributed by atoms with Gasteiger partial charge in [0.15, 0.2) is 6.61 Å². The molecule has 2 aromatic rings. The molecule has 1 aromatic heterocycles. The molecule has 0 aliphatic carbocycles. The second-order valence-electron chi connectivity index (χ2n) is 3.97. The van der Waals surface area contributed by atoms with Crippen LogP contribution in [0.1, 0.15) is 16.1 Å². The van der Waals surface area contributed by atoms with E-state index in [0.29, 0.717) is 5.69 Å². The van der Waals surface area contributed by atoms with Gasteiger partial charge in [0.25, 0.3) is 0 Å². The monoisotopic (exact) mass is 273 g/mol. The van der Waals surface area contributed by atoms with Crippen LogP contribution in [0.5, 0.6) is 0 Å². The van der Waals surface area contributed by atoms with E-state index in [9.17, 15) is 14.0 Å². The van der Waals surface area contributed by atoms with E-state index in [0.717, 1.165) is 6.08 Å². The fourth-order valence-electron chi connectivity index (χ4n) is 1.53. The topological polar surface area (TPSA) is 59.2 Å². The molecule has 0 radical (unpaired) electrons. The van der Waals surface area contributed by atoms with Crippen molar-refractivity contribution in [2.45, 2.75) is 0 Å². The van der Waals surface area contributed by atoms with Crippen molar-refractivity contribution in [2.75, 3.05) is 6.61 Å². The van der Waals surface area contributed by atoms with Crippen LogP contribution in [0.2, 0.25) is 0 Å². The number of hydrogen-bond acceptors (Lipinski definition) is 3. The van der Waals surface area contributed by atoms with Crippen molar-refractivity contribution in [1.82, 2.24) is 4.98 Å². The Balaban J connectivity index is 1.87. The van der Waals surface area contributed by atoms with Crippen molar-refractivity contribution in [2.24, 2.45) is 0 Å². The van der Waals surface area contributed by atoms with E-state index in [2.05, 4.69) is 4.98 Å². The number of ether oxygens (including phenoxy) is 1. The third-order valence-electron chi connectivity index (χ3n) is 2.55. The summed E-state index contributed by atoms with van der Waals surface area (Å²) < 4.78 is 18.0. The van der Waals surface area contributed by atoms with Crippen LogP contribution in [-0.2, 0) is 9.53 Å². The molecule has 0 spiro atoms. The van der Waals surface area contributed by atoms with Gasteiger partial charge in [-0.05, 0) is 24.3 Å². The molecule has 0 fully saturated rings. The zero-order chi connectivity index (χ0) is 14.4. The highest BCUT2D eigenvalue weighted by Crippen LogP contribution is 2.08. The largest absolute Gasteiger partial charge is 0.454 e. The van der Waals surface area contributed by atoms with Crippen molar-refractivity contribution >= 4 is 17.8 Å². The molecule has 20 heavy (non-hydrogen) atoms. The number of rotatable bonds is 5. The molecule has 0 atom stereocenters. The summed E-state index contributed by atoms with van der Waals surface area (Å²) in [4.78, 5) is 25.7. The Hall–Kier alpha value is -2.69. The first kappa shape index (κ1) is 13.7. The molecule has 2 rings (SSSR count). The normalized spacial score (nSPS) is 10.7. The quantitative estimate of drug-likeness (QED) is 0.517. The molecule has 0 bridgehead atoms. The van der Waals surface area contributed by atoms with Crippen LogP contribution in [0.4, 0.5) is 4.39 Å². The SMILES string of the molecule is O=C(/C=C/c1ccccc1F)OCC(=O)c1ccc[nH]1. The van der Waals surface area contributed by atoms with Gasteiger partial charge >= 0.3 is 5.97 Å². The minimum absolute atomic E-state index is 0.278. The number of benzene rings is 1. The Morgan fingerprint density at radius 1 is 1.20 bits per heavy atom. The van der Waals surface area contributed by atoms with Crippen molar-refractivity contribution < 1.29 is 18.7 Å². The summed E-state index contributed by atoms with van der Waals surface area (Å²) in [5.74, 6) is -1.46. The standard InChI is InChI=1S/C15H12FNO3/c16-12-5-2-1-4-11(12)7-8-15(19)20-10-14(18)13-6-3-9-17-13/h1-9,17H,10H2/b8-7+. The first-order valence-corrected chi connectivity index (χ1v) is 5.93. The van der Waals surface area contributed by atoms with Crippen molar-refractivity contribution in [3.05, 3.63) is 65.7 Å². The minimum atomic E-state index is -0.701. The van der Waals surface area contributed by atoms with E-state index in [1.807, 2.05) is 0 Å². The molecule has 1 aromatic carbocycles. The number of hydrogen-bond donors (Lipinski definition) is 1. The number of esters is 1. The van der Waals surface area contributed by atoms with Gasteiger partial charge in [0.2, 0.25) is 5.78 Å². The van der Waals surface area contributed by atoms with E-state index < -0.39 is 11.8 Å². The van der Waals surface area contributed by atoms with Gasteiger partial charge in [0.1, 0.15) is 5.82 Å². The van der Waals surface area contributed by atoms with Crippen LogP contribution in [0.3, 0.4) is 0 Å². The molecule has 0 amide bonds. The number of aromatic amines is 1. The molecule has 0 unspecified atom stereocenters. The molecular weight excluding hydrogens is 261 g/mol. The molecule has 4 nitrogen and oxygen atoms in total. The molecule has 0 saturated heterocycles. The summed E-state index contributed by atoms with van der Waals surface area (Å²) in [6.45, 7) is -0.360. The minimum Gasteiger partial charge on any atom is -0.454 e. The van der Waals surface area contributed by atoms with Gasteiger partial charge in [-0.3, -0.25) is 4.79 Å². The number of halogens is 1. The number of carbonyl (C=O) groups is 2. The smallest absolute Gasteiger partial charge is 0.331 e. The number of Topliss-reactive ketones (excluding diaryl/α,β-unsaturated/α-hetero) is 1. The Bertz CT molecular complexity index is 632. The highest BCUT2D eigenvalue weighted by atomic mass is 19.1. The molecule has 102 valence electrons.